The third kappa shape index (κ3) is 3.61. The van der Waals surface area contributed by atoms with Gasteiger partial charge in [0.1, 0.15) is 0 Å². The lowest BCUT2D eigenvalue weighted by Gasteiger charge is -2.23. The minimum absolute atomic E-state index is 0.674. The lowest BCUT2D eigenvalue weighted by atomic mass is 10.2. The van der Waals surface area contributed by atoms with Crippen molar-refractivity contribution in [2.45, 2.75) is 32.4 Å². The third-order valence-electron chi connectivity index (χ3n) is 3.61. The van der Waals surface area contributed by atoms with E-state index in [1.54, 1.807) is 0 Å². The van der Waals surface area contributed by atoms with Crippen LogP contribution in [0, 0.1) is 0 Å². The molecule has 0 radical (unpaired) electrons. The van der Waals surface area contributed by atoms with E-state index in [2.05, 4.69) is 17.1 Å². The molecule has 1 aliphatic rings. The number of nitrogens with one attached hydrogen (secondary N) is 1. The summed E-state index contributed by atoms with van der Waals surface area (Å²) < 4.78 is 0. The van der Waals surface area contributed by atoms with Gasteiger partial charge < -0.3 is 5.32 Å². The molecule has 0 aliphatic carbocycles. The highest BCUT2D eigenvalue weighted by molar-refractivity contribution is 6.33. The molecule has 4 heteroatoms. The van der Waals surface area contributed by atoms with Crippen LogP contribution in [0.5, 0.6) is 0 Å². The molecule has 2 rings (SSSR count). The maximum absolute atomic E-state index is 6.14. The van der Waals surface area contributed by atoms with Crippen LogP contribution in [-0.2, 0) is 6.54 Å². The highest BCUT2D eigenvalue weighted by atomic mass is 35.5. The fraction of sp³-hybridized carbons (Fsp3) is 0.571. The van der Waals surface area contributed by atoms with E-state index < -0.39 is 0 Å². The summed E-state index contributed by atoms with van der Waals surface area (Å²) >= 11 is 12.1. The van der Waals surface area contributed by atoms with Gasteiger partial charge in [-0.05, 0) is 49.7 Å². The van der Waals surface area contributed by atoms with E-state index in [0.29, 0.717) is 6.04 Å². The summed E-state index contributed by atoms with van der Waals surface area (Å²) in [5.74, 6) is 0. The number of halogens is 2. The Balaban J connectivity index is 1.83. The molecule has 1 aromatic carbocycles. The monoisotopic (exact) mass is 286 g/mol. The molecule has 1 unspecified atom stereocenters. The van der Waals surface area contributed by atoms with E-state index in [1.807, 2.05) is 18.2 Å². The Kier molecular flexibility index (Phi) is 5.31. The molecular weight excluding hydrogens is 267 g/mol. The first kappa shape index (κ1) is 14.1. The van der Waals surface area contributed by atoms with Gasteiger partial charge in [-0.15, -0.1) is 0 Å². The highest BCUT2D eigenvalue weighted by Crippen LogP contribution is 2.21. The number of likely N-dealkylation sites (tertiary alicyclic amines) is 1. The number of rotatable bonds is 5. The standard InChI is InChI=1S/C14H20Cl2N2/c1-2-18-7-3-4-13(18)10-17-9-11-8-12(15)5-6-14(11)16/h5-6,8,13,17H,2-4,7,9-10H2,1H3. The van der Waals surface area contributed by atoms with Crippen LogP contribution >= 0.6 is 23.2 Å². The van der Waals surface area contributed by atoms with Gasteiger partial charge >= 0.3 is 0 Å². The van der Waals surface area contributed by atoms with Crippen LogP contribution in [0.15, 0.2) is 18.2 Å². The van der Waals surface area contributed by atoms with E-state index in [-0.39, 0.29) is 0 Å². The van der Waals surface area contributed by atoms with E-state index in [9.17, 15) is 0 Å². The van der Waals surface area contributed by atoms with Crippen molar-refractivity contribution in [3.8, 4) is 0 Å². The van der Waals surface area contributed by atoms with Crippen molar-refractivity contribution in [1.29, 1.82) is 0 Å². The van der Waals surface area contributed by atoms with Crippen molar-refractivity contribution >= 4 is 23.2 Å². The zero-order valence-electron chi connectivity index (χ0n) is 10.8. The van der Waals surface area contributed by atoms with Crippen LogP contribution in [0.2, 0.25) is 10.0 Å². The summed E-state index contributed by atoms with van der Waals surface area (Å²) in [6.45, 7) is 6.42. The van der Waals surface area contributed by atoms with Crippen LogP contribution in [0.1, 0.15) is 25.3 Å². The molecule has 0 saturated carbocycles. The molecule has 1 aliphatic heterocycles. The summed E-state index contributed by atoms with van der Waals surface area (Å²) in [6.07, 6.45) is 2.61. The first-order chi connectivity index (χ1) is 8.70. The van der Waals surface area contributed by atoms with Crippen LogP contribution in [-0.4, -0.2) is 30.6 Å². The van der Waals surface area contributed by atoms with Crippen LogP contribution < -0.4 is 5.32 Å². The van der Waals surface area contributed by atoms with Crippen molar-refractivity contribution in [2.24, 2.45) is 0 Å². The average molecular weight is 287 g/mol. The van der Waals surface area contributed by atoms with Crippen molar-refractivity contribution in [1.82, 2.24) is 10.2 Å². The lowest BCUT2D eigenvalue weighted by molar-refractivity contribution is 0.260. The Bertz CT molecular complexity index is 395. The number of likely N-dealkylation sites (N-methyl/N-ethyl adjacent to an activating group) is 1. The van der Waals surface area contributed by atoms with Gasteiger partial charge in [0.2, 0.25) is 0 Å². The van der Waals surface area contributed by atoms with Crippen LogP contribution in [0.25, 0.3) is 0 Å². The zero-order chi connectivity index (χ0) is 13.0. The average Bonchev–Trinajstić information content (AvgIpc) is 2.81. The molecule has 0 amide bonds. The van der Waals surface area contributed by atoms with Gasteiger partial charge in [-0.2, -0.15) is 0 Å². The second kappa shape index (κ2) is 6.76. The summed E-state index contributed by atoms with van der Waals surface area (Å²) in [5.41, 5.74) is 1.07. The maximum atomic E-state index is 6.14. The number of nitrogens with zero attached hydrogens (tertiary/aromatic N) is 1. The van der Waals surface area contributed by atoms with Gasteiger partial charge in [-0.1, -0.05) is 30.1 Å². The summed E-state index contributed by atoms with van der Waals surface area (Å²) in [6, 6.07) is 6.29. The molecular formula is C14H20Cl2N2. The Morgan fingerprint density at radius 3 is 3.00 bits per heavy atom. The Morgan fingerprint density at radius 2 is 2.22 bits per heavy atom. The minimum Gasteiger partial charge on any atom is -0.311 e. The summed E-state index contributed by atoms with van der Waals surface area (Å²) in [7, 11) is 0. The van der Waals surface area contributed by atoms with E-state index >= 15 is 0 Å². The van der Waals surface area contributed by atoms with Crippen molar-refractivity contribution in [3.63, 3.8) is 0 Å². The Labute approximate surface area is 119 Å². The summed E-state index contributed by atoms with van der Waals surface area (Å²) in [5, 5.41) is 5.02. The SMILES string of the molecule is CCN1CCCC1CNCc1cc(Cl)ccc1Cl. The molecule has 1 saturated heterocycles. The number of hydrogen-bond donors (Lipinski definition) is 1. The molecule has 2 nitrogen and oxygen atoms in total. The predicted octanol–water partition coefficient (Wildman–Crippen LogP) is 3.57. The molecule has 1 heterocycles. The van der Waals surface area contributed by atoms with Crippen LogP contribution in [0.4, 0.5) is 0 Å². The smallest absolute Gasteiger partial charge is 0.0451 e. The van der Waals surface area contributed by atoms with E-state index in [0.717, 1.165) is 35.2 Å². The Hall–Kier alpha value is -0.280. The van der Waals surface area contributed by atoms with Gasteiger partial charge in [0, 0.05) is 29.2 Å². The molecule has 100 valence electrons. The normalized spacial score (nSPS) is 20.5. The maximum Gasteiger partial charge on any atom is 0.0451 e. The van der Waals surface area contributed by atoms with Gasteiger partial charge in [-0.3, -0.25) is 4.90 Å². The van der Waals surface area contributed by atoms with Crippen LogP contribution in [0.3, 0.4) is 0 Å². The number of benzene rings is 1. The first-order valence-corrected chi connectivity index (χ1v) is 7.35. The second-order valence-corrected chi connectivity index (χ2v) is 5.63. The molecule has 1 atom stereocenters. The minimum atomic E-state index is 0.674. The Morgan fingerprint density at radius 1 is 1.39 bits per heavy atom. The first-order valence-electron chi connectivity index (χ1n) is 6.59. The van der Waals surface area contributed by atoms with Gasteiger partial charge in [0.25, 0.3) is 0 Å². The second-order valence-electron chi connectivity index (χ2n) is 4.79. The molecule has 18 heavy (non-hydrogen) atoms. The number of hydrogen-bond acceptors (Lipinski definition) is 2. The third-order valence-corrected chi connectivity index (χ3v) is 4.21. The highest BCUT2D eigenvalue weighted by Gasteiger charge is 2.22. The molecule has 1 fully saturated rings. The fourth-order valence-corrected chi connectivity index (χ4v) is 2.97. The van der Waals surface area contributed by atoms with E-state index in [1.165, 1.54) is 19.4 Å². The van der Waals surface area contributed by atoms with Crippen molar-refractivity contribution in [3.05, 3.63) is 33.8 Å². The zero-order valence-corrected chi connectivity index (χ0v) is 12.3. The molecule has 0 aromatic heterocycles. The fourth-order valence-electron chi connectivity index (χ4n) is 2.59. The van der Waals surface area contributed by atoms with Gasteiger partial charge in [0.05, 0.1) is 0 Å². The lowest BCUT2D eigenvalue weighted by Crippen LogP contribution is -2.37. The molecule has 0 spiro atoms. The van der Waals surface area contributed by atoms with E-state index in [4.69, 9.17) is 23.2 Å². The quantitative estimate of drug-likeness (QED) is 0.890. The predicted molar refractivity (Wildman–Crippen MR) is 78.4 cm³/mol. The topological polar surface area (TPSA) is 15.3 Å². The summed E-state index contributed by atoms with van der Waals surface area (Å²) in [4.78, 5) is 2.53. The van der Waals surface area contributed by atoms with Crippen molar-refractivity contribution < 1.29 is 0 Å². The molecule has 1 aromatic rings. The van der Waals surface area contributed by atoms with Gasteiger partial charge in [-0.25, -0.2) is 0 Å². The van der Waals surface area contributed by atoms with Gasteiger partial charge in [0.15, 0.2) is 0 Å². The molecule has 1 N–H and O–H groups in total. The largest absolute Gasteiger partial charge is 0.311 e. The van der Waals surface area contributed by atoms with Crippen molar-refractivity contribution in [2.75, 3.05) is 19.6 Å². The molecule has 0 bridgehead atoms.